The van der Waals surface area contributed by atoms with E-state index < -0.39 is 12.0 Å². The Morgan fingerprint density at radius 1 is 1.46 bits per heavy atom. The van der Waals surface area contributed by atoms with Crippen molar-refractivity contribution in [3.8, 4) is 5.75 Å². The Morgan fingerprint density at radius 3 is 2.85 bits per heavy atom. The number of benzene rings is 1. The molecular weight excluding hydrogens is 349 g/mol. The Kier molecular flexibility index (Phi) is 5.22. The molecule has 0 atom stereocenters. The van der Waals surface area contributed by atoms with Gasteiger partial charge in [-0.3, -0.25) is 0 Å². The molecule has 0 saturated heterocycles. The van der Waals surface area contributed by atoms with Gasteiger partial charge in [-0.2, -0.15) is 0 Å². The number of halogens is 2. The summed E-state index contributed by atoms with van der Waals surface area (Å²) < 4.78 is 6.77. The van der Waals surface area contributed by atoms with Crippen molar-refractivity contribution in [2.75, 3.05) is 6.61 Å². The maximum atomic E-state index is 5.42. The van der Waals surface area contributed by atoms with Gasteiger partial charge in [0.1, 0.15) is 0 Å². The molecular formula is C9H9Br2OZn. The number of hydrogen-bond acceptors (Lipinski definition) is 1. The van der Waals surface area contributed by atoms with E-state index in [4.69, 9.17) is 4.74 Å². The number of ether oxygens (including phenoxy) is 1. The summed E-state index contributed by atoms with van der Waals surface area (Å²) in [5.41, 5.74) is 0. The summed E-state index contributed by atoms with van der Waals surface area (Å²) >= 11 is 5.57. The van der Waals surface area contributed by atoms with Crippen molar-refractivity contribution in [1.82, 2.24) is 0 Å². The van der Waals surface area contributed by atoms with Crippen LogP contribution < -0.4 is 8.89 Å². The van der Waals surface area contributed by atoms with Gasteiger partial charge < -0.3 is 0 Å². The molecule has 0 saturated carbocycles. The molecule has 0 heterocycles. The fraction of sp³-hybridized carbons (Fsp3) is 0.111. The van der Waals surface area contributed by atoms with Crippen LogP contribution in [0.15, 0.2) is 36.9 Å². The quantitative estimate of drug-likeness (QED) is 0.594. The molecule has 0 N–H and O–H groups in total. The summed E-state index contributed by atoms with van der Waals surface area (Å²) in [6, 6.07) is 8.16. The van der Waals surface area contributed by atoms with Crippen LogP contribution >= 0.6 is 27.2 Å². The van der Waals surface area contributed by atoms with Crippen LogP contribution in [0.5, 0.6) is 5.75 Å². The van der Waals surface area contributed by atoms with Crippen molar-refractivity contribution in [2.45, 2.75) is 0 Å². The van der Waals surface area contributed by atoms with Crippen LogP contribution in [0.2, 0.25) is 0 Å². The van der Waals surface area contributed by atoms with Gasteiger partial charge in [-0.25, -0.2) is 0 Å². The SMILES string of the molecule is C=CCOc1ccc[c]([Zn]([Br])[Br])c1. The Balaban J connectivity index is 2.73. The summed E-state index contributed by atoms with van der Waals surface area (Å²) in [7, 11) is 0. The first kappa shape index (κ1) is 11.4. The predicted molar refractivity (Wildman–Crippen MR) is 59.6 cm³/mol. The van der Waals surface area contributed by atoms with Gasteiger partial charge in [-0.1, -0.05) is 0 Å². The molecule has 0 aromatic heterocycles. The Morgan fingerprint density at radius 2 is 2.23 bits per heavy atom. The summed E-state index contributed by atoms with van der Waals surface area (Å²) in [4.78, 5) is 0. The van der Waals surface area contributed by atoms with Crippen LogP contribution in [0.3, 0.4) is 0 Å². The molecule has 0 bridgehead atoms. The summed E-state index contributed by atoms with van der Waals surface area (Å²) in [5, 5.41) is 0. The van der Waals surface area contributed by atoms with Gasteiger partial charge in [-0.15, -0.1) is 0 Å². The summed E-state index contributed by atoms with van der Waals surface area (Å²) in [6.07, 6.45) is 1.75. The van der Waals surface area contributed by atoms with Crippen molar-refractivity contribution in [1.29, 1.82) is 0 Å². The summed E-state index contributed by atoms with van der Waals surface area (Å²) in [5.74, 6) is 0.914. The molecule has 4 heteroatoms. The molecule has 13 heavy (non-hydrogen) atoms. The van der Waals surface area contributed by atoms with Crippen molar-refractivity contribution >= 4 is 31.4 Å². The molecule has 0 spiro atoms. The topological polar surface area (TPSA) is 9.23 Å². The minimum absolute atomic E-state index is 0.564. The third-order valence-electron chi connectivity index (χ3n) is 1.57. The van der Waals surface area contributed by atoms with E-state index >= 15 is 0 Å². The molecule has 1 aromatic rings. The zero-order chi connectivity index (χ0) is 9.68. The van der Waals surface area contributed by atoms with Crippen LogP contribution in [0.4, 0.5) is 0 Å². The van der Waals surface area contributed by atoms with E-state index in [0.29, 0.717) is 6.61 Å². The van der Waals surface area contributed by atoms with Crippen LogP contribution in [-0.2, 0) is 12.0 Å². The van der Waals surface area contributed by atoms with Crippen molar-refractivity contribution in [2.24, 2.45) is 0 Å². The van der Waals surface area contributed by atoms with Crippen molar-refractivity contribution in [3.05, 3.63) is 36.9 Å². The van der Waals surface area contributed by atoms with E-state index in [0.717, 1.165) is 5.75 Å². The molecule has 1 nitrogen and oxygen atoms in total. The zero-order valence-electron chi connectivity index (χ0n) is 7.17. The van der Waals surface area contributed by atoms with E-state index in [1.165, 1.54) is 4.16 Å². The van der Waals surface area contributed by atoms with Gasteiger partial charge >= 0.3 is 97.4 Å². The van der Waals surface area contributed by atoms with Crippen LogP contribution in [-0.4, -0.2) is 6.61 Å². The van der Waals surface area contributed by atoms with E-state index in [2.05, 4.69) is 46.0 Å². The third kappa shape index (κ3) is 3.92. The summed E-state index contributed by atoms with van der Waals surface area (Å²) in [6.45, 7) is 4.17. The third-order valence-corrected chi connectivity index (χ3v) is 10.5. The first-order chi connectivity index (χ1) is 6.24. The van der Waals surface area contributed by atoms with Crippen LogP contribution in [0.1, 0.15) is 0 Å². The fourth-order valence-corrected chi connectivity index (χ4v) is 5.99. The molecule has 0 aliphatic heterocycles. The predicted octanol–water partition coefficient (Wildman–Crippen LogP) is 3.11. The Bertz CT molecular complexity index is 289. The van der Waals surface area contributed by atoms with Gasteiger partial charge in [0.05, 0.1) is 0 Å². The molecule has 0 radical (unpaired) electrons. The van der Waals surface area contributed by atoms with Gasteiger partial charge in [0.2, 0.25) is 0 Å². The Labute approximate surface area is 96.8 Å². The van der Waals surface area contributed by atoms with Crippen molar-refractivity contribution in [3.63, 3.8) is 0 Å². The second-order valence-electron chi connectivity index (χ2n) is 2.62. The molecule has 0 fully saturated rings. The van der Waals surface area contributed by atoms with Gasteiger partial charge in [-0.05, 0) is 0 Å². The average molecular weight is 358 g/mol. The average Bonchev–Trinajstić information content (AvgIpc) is 2.15. The first-order valence-electron chi connectivity index (χ1n) is 4.02. The van der Waals surface area contributed by atoms with Crippen molar-refractivity contribution < 1.29 is 16.8 Å². The number of rotatable bonds is 4. The molecule has 0 amide bonds. The standard InChI is InChI=1S/C9H9O.2BrH.Zn/c1-2-8-10-9-6-4-3-5-7-9;;;/h2-4,6-7H,1,8H2;2*1H;/q;;;+2/p-2. The van der Waals surface area contributed by atoms with Crippen LogP contribution in [0, 0.1) is 0 Å². The van der Waals surface area contributed by atoms with Crippen LogP contribution in [0.25, 0.3) is 0 Å². The molecule has 0 unspecified atom stereocenters. The van der Waals surface area contributed by atoms with E-state index in [9.17, 15) is 0 Å². The molecule has 67 valence electrons. The Hall–Kier alpha value is 0.343. The van der Waals surface area contributed by atoms with Gasteiger partial charge in [0.25, 0.3) is 0 Å². The second-order valence-corrected chi connectivity index (χ2v) is 25.3. The first-order valence-corrected chi connectivity index (χ1v) is 19.4. The maximum absolute atomic E-state index is 5.42. The zero-order valence-corrected chi connectivity index (χ0v) is 13.3. The molecule has 1 rings (SSSR count). The second kappa shape index (κ2) is 5.95. The van der Waals surface area contributed by atoms with E-state index in [-0.39, 0.29) is 0 Å². The molecule has 0 aliphatic rings. The normalized spacial score (nSPS) is 9.38. The van der Waals surface area contributed by atoms with Gasteiger partial charge in [0, 0.05) is 0 Å². The van der Waals surface area contributed by atoms with Gasteiger partial charge in [0.15, 0.2) is 0 Å². The fourth-order valence-electron chi connectivity index (χ4n) is 0.957. The monoisotopic (exact) mass is 355 g/mol. The molecule has 0 aliphatic carbocycles. The van der Waals surface area contributed by atoms with E-state index in [1.807, 2.05) is 12.1 Å². The number of hydrogen-bond donors (Lipinski definition) is 0. The van der Waals surface area contributed by atoms with E-state index in [1.54, 1.807) is 6.08 Å². The minimum atomic E-state index is -1.69. The molecule has 1 aromatic carbocycles.